The van der Waals surface area contributed by atoms with Gasteiger partial charge in [0.1, 0.15) is 4.60 Å². The second-order valence-electron chi connectivity index (χ2n) is 3.73. The molecule has 1 unspecified atom stereocenters. The highest BCUT2D eigenvalue weighted by Gasteiger charge is 2.32. The van der Waals surface area contributed by atoms with E-state index in [9.17, 15) is 4.79 Å². The Hall–Kier alpha value is -1.06. The van der Waals surface area contributed by atoms with Crippen LogP contribution in [-0.2, 0) is 4.79 Å². The van der Waals surface area contributed by atoms with Gasteiger partial charge >= 0.3 is 0 Å². The smallest absolute Gasteiger partial charge is 0.228 e. The Morgan fingerprint density at radius 2 is 2.29 bits per heavy atom. The van der Waals surface area contributed by atoms with E-state index in [1.807, 2.05) is 0 Å². The molecule has 0 bridgehead atoms. The minimum Gasteiger partial charge on any atom is -0.395 e. The SMILES string of the molecule is C#CC1CC(=O)N(c2c(Br)cnc(Br)c2N)C1. The van der Waals surface area contributed by atoms with Gasteiger partial charge in [0.05, 0.1) is 15.8 Å². The second-order valence-corrected chi connectivity index (χ2v) is 5.34. The fraction of sp³-hybridized carbons (Fsp3) is 0.273. The molecule has 1 aromatic heterocycles. The van der Waals surface area contributed by atoms with Gasteiger partial charge in [-0.1, -0.05) is 0 Å². The maximum atomic E-state index is 11.9. The van der Waals surface area contributed by atoms with Crippen LogP contribution in [-0.4, -0.2) is 17.4 Å². The molecule has 0 aliphatic carbocycles. The van der Waals surface area contributed by atoms with Crippen molar-refractivity contribution in [2.75, 3.05) is 17.2 Å². The van der Waals surface area contributed by atoms with Crippen LogP contribution in [0.5, 0.6) is 0 Å². The maximum absolute atomic E-state index is 11.9. The van der Waals surface area contributed by atoms with Gasteiger partial charge in [-0.15, -0.1) is 12.3 Å². The van der Waals surface area contributed by atoms with E-state index in [0.717, 1.165) is 0 Å². The number of hydrogen-bond acceptors (Lipinski definition) is 3. The highest BCUT2D eigenvalue weighted by atomic mass is 79.9. The number of nitrogens with two attached hydrogens (primary N) is 1. The Bertz CT molecular complexity index is 524. The summed E-state index contributed by atoms with van der Waals surface area (Å²) in [5, 5.41) is 0. The third-order valence-electron chi connectivity index (χ3n) is 2.63. The van der Waals surface area contributed by atoms with Crippen LogP contribution in [0.25, 0.3) is 0 Å². The van der Waals surface area contributed by atoms with Crippen LogP contribution in [0.1, 0.15) is 6.42 Å². The maximum Gasteiger partial charge on any atom is 0.228 e. The normalized spacial score (nSPS) is 19.5. The molecule has 0 spiro atoms. The molecule has 1 saturated heterocycles. The lowest BCUT2D eigenvalue weighted by Crippen LogP contribution is -2.26. The first-order valence-electron chi connectivity index (χ1n) is 4.90. The van der Waals surface area contributed by atoms with E-state index in [-0.39, 0.29) is 11.8 Å². The van der Waals surface area contributed by atoms with Crippen LogP contribution >= 0.6 is 31.9 Å². The lowest BCUT2D eigenvalue weighted by Gasteiger charge is -2.20. The number of anilines is 2. The van der Waals surface area contributed by atoms with E-state index in [0.29, 0.717) is 33.4 Å². The summed E-state index contributed by atoms with van der Waals surface area (Å²) < 4.78 is 1.21. The number of amides is 1. The Morgan fingerprint density at radius 1 is 1.59 bits per heavy atom. The minimum atomic E-state index is -0.0549. The molecule has 0 aromatic carbocycles. The molecule has 1 aromatic rings. The first-order chi connectivity index (χ1) is 8.04. The summed E-state index contributed by atoms with van der Waals surface area (Å²) in [5.41, 5.74) is 7.00. The predicted octanol–water partition coefficient (Wildman–Crippen LogP) is 2.17. The average molecular weight is 359 g/mol. The summed E-state index contributed by atoms with van der Waals surface area (Å²) in [4.78, 5) is 17.5. The first-order valence-corrected chi connectivity index (χ1v) is 6.49. The van der Waals surface area contributed by atoms with Gasteiger partial charge in [0, 0.05) is 25.1 Å². The van der Waals surface area contributed by atoms with Gasteiger partial charge in [0.2, 0.25) is 5.91 Å². The van der Waals surface area contributed by atoms with E-state index in [1.165, 1.54) is 0 Å². The highest BCUT2D eigenvalue weighted by molar-refractivity contribution is 9.11. The minimum absolute atomic E-state index is 0.0153. The van der Waals surface area contributed by atoms with Crippen LogP contribution in [0.3, 0.4) is 0 Å². The van der Waals surface area contributed by atoms with Gasteiger partial charge in [0.25, 0.3) is 0 Å². The van der Waals surface area contributed by atoms with Crippen molar-refractivity contribution in [3.05, 3.63) is 15.3 Å². The van der Waals surface area contributed by atoms with Crippen molar-refractivity contribution < 1.29 is 4.79 Å². The van der Waals surface area contributed by atoms with Crippen LogP contribution in [0.15, 0.2) is 15.3 Å². The topological polar surface area (TPSA) is 59.2 Å². The lowest BCUT2D eigenvalue weighted by molar-refractivity contribution is -0.117. The van der Waals surface area contributed by atoms with Crippen molar-refractivity contribution >= 4 is 49.1 Å². The highest BCUT2D eigenvalue weighted by Crippen LogP contribution is 2.38. The Labute approximate surface area is 116 Å². The summed E-state index contributed by atoms with van der Waals surface area (Å²) in [6.07, 6.45) is 7.32. The fourth-order valence-corrected chi connectivity index (χ4v) is 2.60. The molecule has 4 nitrogen and oxygen atoms in total. The fourth-order valence-electron chi connectivity index (χ4n) is 1.78. The predicted molar refractivity (Wildman–Crippen MR) is 73.3 cm³/mol. The molecule has 1 aliphatic rings. The summed E-state index contributed by atoms with van der Waals surface area (Å²) in [5.74, 6) is 2.53. The number of terminal acetylenes is 1. The number of nitrogens with zero attached hydrogens (tertiary/aromatic N) is 2. The van der Waals surface area contributed by atoms with Crippen LogP contribution in [0, 0.1) is 18.3 Å². The molecule has 1 atom stereocenters. The standard InChI is InChI=1S/C11H9Br2N3O/c1-2-6-3-8(17)16(5-6)10-7(12)4-15-11(13)9(10)14/h1,4,6H,3,5,14H2. The first kappa shape index (κ1) is 12.4. The number of carbonyl (C=O) groups is 1. The zero-order valence-electron chi connectivity index (χ0n) is 8.78. The number of aromatic nitrogens is 1. The zero-order chi connectivity index (χ0) is 12.6. The number of halogens is 2. The van der Waals surface area contributed by atoms with E-state index in [4.69, 9.17) is 12.2 Å². The van der Waals surface area contributed by atoms with Crippen LogP contribution in [0.4, 0.5) is 11.4 Å². The molecule has 1 amide bonds. The number of carbonyl (C=O) groups excluding carboxylic acids is 1. The van der Waals surface area contributed by atoms with E-state index >= 15 is 0 Å². The molecular formula is C11H9Br2N3O. The Morgan fingerprint density at radius 3 is 2.88 bits per heavy atom. The van der Waals surface area contributed by atoms with E-state index in [2.05, 4.69) is 42.8 Å². The van der Waals surface area contributed by atoms with Gasteiger partial charge in [-0.2, -0.15) is 0 Å². The molecule has 2 rings (SSSR count). The second kappa shape index (κ2) is 4.67. The molecule has 2 heterocycles. The van der Waals surface area contributed by atoms with Gasteiger partial charge in [-0.25, -0.2) is 4.98 Å². The zero-order valence-corrected chi connectivity index (χ0v) is 12.0. The number of pyridine rings is 1. The molecule has 2 N–H and O–H groups in total. The summed E-state index contributed by atoms with van der Waals surface area (Å²) in [7, 11) is 0. The molecule has 88 valence electrons. The summed E-state index contributed by atoms with van der Waals surface area (Å²) in [6.45, 7) is 0.495. The summed E-state index contributed by atoms with van der Waals surface area (Å²) in [6, 6.07) is 0. The third-order valence-corrected chi connectivity index (χ3v) is 3.84. The average Bonchev–Trinajstić information content (AvgIpc) is 2.66. The molecular weight excluding hydrogens is 350 g/mol. The van der Waals surface area contributed by atoms with Gasteiger partial charge < -0.3 is 10.6 Å². The van der Waals surface area contributed by atoms with E-state index < -0.39 is 0 Å². The molecule has 0 saturated carbocycles. The van der Waals surface area contributed by atoms with Crippen molar-refractivity contribution in [1.82, 2.24) is 4.98 Å². The number of nitrogen functional groups attached to an aromatic ring is 1. The van der Waals surface area contributed by atoms with Gasteiger partial charge in [-0.05, 0) is 31.9 Å². The molecule has 0 radical (unpaired) electrons. The number of hydrogen-bond donors (Lipinski definition) is 1. The van der Waals surface area contributed by atoms with Crippen molar-refractivity contribution in [2.24, 2.45) is 5.92 Å². The number of rotatable bonds is 1. The van der Waals surface area contributed by atoms with Crippen molar-refractivity contribution in [2.45, 2.75) is 6.42 Å². The molecule has 1 fully saturated rings. The monoisotopic (exact) mass is 357 g/mol. The Balaban J connectivity index is 2.45. The van der Waals surface area contributed by atoms with Crippen LogP contribution < -0.4 is 10.6 Å². The molecule has 17 heavy (non-hydrogen) atoms. The molecule has 6 heteroatoms. The van der Waals surface area contributed by atoms with Crippen molar-refractivity contribution in [3.8, 4) is 12.3 Å². The van der Waals surface area contributed by atoms with E-state index in [1.54, 1.807) is 11.1 Å². The third kappa shape index (κ3) is 2.17. The van der Waals surface area contributed by atoms with Crippen molar-refractivity contribution in [3.63, 3.8) is 0 Å². The van der Waals surface area contributed by atoms with Gasteiger partial charge in [0.15, 0.2) is 0 Å². The molecule has 1 aliphatic heterocycles. The Kier molecular flexibility index (Phi) is 3.40. The van der Waals surface area contributed by atoms with Crippen LogP contribution in [0.2, 0.25) is 0 Å². The lowest BCUT2D eigenvalue weighted by atomic mass is 10.1. The summed E-state index contributed by atoms with van der Waals surface area (Å²) >= 11 is 6.60. The van der Waals surface area contributed by atoms with Crippen molar-refractivity contribution in [1.29, 1.82) is 0 Å². The largest absolute Gasteiger partial charge is 0.395 e. The quantitative estimate of drug-likeness (QED) is 0.618. The van der Waals surface area contributed by atoms with Gasteiger partial charge in [-0.3, -0.25) is 4.79 Å².